The van der Waals surface area contributed by atoms with Gasteiger partial charge in [-0.15, -0.1) is 0 Å². The third kappa shape index (κ3) is 3.07. The van der Waals surface area contributed by atoms with Gasteiger partial charge >= 0.3 is 0 Å². The SMILES string of the molecule is COc1ccc(CNc2nc3c(Cl)cccc3s2)c(OC)c1OC. The van der Waals surface area contributed by atoms with Crippen molar-refractivity contribution in [2.24, 2.45) is 0 Å². The number of rotatable bonds is 6. The molecule has 0 aliphatic carbocycles. The normalized spacial score (nSPS) is 10.7. The fraction of sp³-hybridized carbons (Fsp3) is 0.235. The Morgan fingerprint density at radius 2 is 1.83 bits per heavy atom. The van der Waals surface area contributed by atoms with Crippen LogP contribution in [0.2, 0.25) is 5.02 Å². The van der Waals surface area contributed by atoms with Gasteiger partial charge in [0.1, 0.15) is 5.52 Å². The third-order valence-electron chi connectivity index (χ3n) is 3.59. The summed E-state index contributed by atoms with van der Waals surface area (Å²) < 4.78 is 17.2. The number of aromatic nitrogens is 1. The number of hydrogen-bond donors (Lipinski definition) is 1. The molecule has 1 heterocycles. The molecule has 0 aliphatic heterocycles. The zero-order chi connectivity index (χ0) is 17.1. The van der Waals surface area contributed by atoms with E-state index in [0.29, 0.717) is 28.8 Å². The van der Waals surface area contributed by atoms with Gasteiger partial charge in [-0.3, -0.25) is 0 Å². The van der Waals surface area contributed by atoms with Crippen LogP contribution in [-0.2, 0) is 6.54 Å². The Morgan fingerprint density at radius 1 is 1.04 bits per heavy atom. The summed E-state index contributed by atoms with van der Waals surface area (Å²) in [6.45, 7) is 0.543. The number of benzene rings is 2. The van der Waals surface area contributed by atoms with Crippen molar-refractivity contribution in [1.29, 1.82) is 0 Å². The first kappa shape index (κ1) is 16.7. The van der Waals surface area contributed by atoms with Crippen LogP contribution in [0, 0.1) is 0 Å². The number of halogens is 1. The van der Waals surface area contributed by atoms with Gasteiger partial charge in [-0.1, -0.05) is 29.0 Å². The van der Waals surface area contributed by atoms with Crippen molar-refractivity contribution in [2.75, 3.05) is 26.6 Å². The fourth-order valence-electron chi connectivity index (χ4n) is 2.46. The molecule has 3 rings (SSSR count). The molecule has 24 heavy (non-hydrogen) atoms. The van der Waals surface area contributed by atoms with Crippen LogP contribution in [0.1, 0.15) is 5.56 Å². The number of para-hydroxylation sites is 1. The van der Waals surface area contributed by atoms with Gasteiger partial charge in [0.15, 0.2) is 16.6 Å². The number of ether oxygens (including phenoxy) is 3. The molecule has 0 atom stereocenters. The Morgan fingerprint density at radius 3 is 2.50 bits per heavy atom. The summed E-state index contributed by atoms with van der Waals surface area (Å²) in [5, 5.41) is 4.77. The van der Waals surface area contributed by atoms with Crippen molar-refractivity contribution in [3.63, 3.8) is 0 Å². The lowest BCUT2D eigenvalue weighted by Crippen LogP contribution is -2.04. The van der Waals surface area contributed by atoms with Gasteiger partial charge in [-0.05, 0) is 24.3 Å². The highest BCUT2D eigenvalue weighted by molar-refractivity contribution is 7.22. The lowest BCUT2D eigenvalue weighted by Gasteiger charge is -2.15. The Kier molecular flexibility index (Phi) is 4.97. The molecule has 0 amide bonds. The number of nitrogens with zero attached hydrogens (tertiary/aromatic N) is 1. The summed E-state index contributed by atoms with van der Waals surface area (Å²) in [7, 11) is 4.80. The van der Waals surface area contributed by atoms with Gasteiger partial charge in [0.25, 0.3) is 0 Å². The highest BCUT2D eigenvalue weighted by Crippen LogP contribution is 2.40. The monoisotopic (exact) mass is 364 g/mol. The number of thiazole rings is 1. The molecule has 1 aromatic heterocycles. The van der Waals surface area contributed by atoms with Crippen molar-refractivity contribution in [1.82, 2.24) is 4.98 Å². The molecule has 7 heteroatoms. The van der Waals surface area contributed by atoms with Gasteiger partial charge < -0.3 is 19.5 Å². The van der Waals surface area contributed by atoms with Gasteiger partial charge in [0, 0.05) is 12.1 Å². The second-order valence-corrected chi connectivity index (χ2v) is 6.39. The molecular weight excluding hydrogens is 348 g/mol. The third-order valence-corrected chi connectivity index (χ3v) is 4.87. The molecule has 3 aromatic rings. The predicted octanol–water partition coefficient (Wildman–Crippen LogP) is 4.59. The number of nitrogens with one attached hydrogen (secondary N) is 1. The summed E-state index contributed by atoms with van der Waals surface area (Å²) in [4.78, 5) is 4.54. The van der Waals surface area contributed by atoms with E-state index >= 15 is 0 Å². The minimum absolute atomic E-state index is 0.543. The molecular formula is C17H17ClN2O3S. The maximum absolute atomic E-state index is 6.17. The molecule has 2 aromatic carbocycles. The Labute approximate surface area is 149 Å². The largest absolute Gasteiger partial charge is 0.493 e. The zero-order valence-electron chi connectivity index (χ0n) is 13.6. The molecule has 0 unspecified atom stereocenters. The highest BCUT2D eigenvalue weighted by Gasteiger charge is 2.16. The zero-order valence-corrected chi connectivity index (χ0v) is 15.1. The maximum atomic E-state index is 6.17. The molecule has 0 aliphatic rings. The van der Waals surface area contributed by atoms with E-state index in [0.717, 1.165) is 20.9 Å². The lowest BCUT2D eigenvalue weighted by molar-refractivity contribution is 0.322. The standard InChI is InChI=1S/C17H17ClN2O3S/c1-21-12-8-7-10(15(22-2)16(12)23-3)9-19-17-20-14-11(18)5-4-6-13(14)24-17/h4-8H,9H2,1-3H3,(H,19,20). The van der Waals surface area contributed by atoms with Gasteiger partial charge in [0.2, 0.25) is 5.75 Å². The van der Waals surface area contributed by atoms with E-state index in [1.54, 1.807) is 32.7 Å². The van der Waals surface area contributed by atoms with Crippen molar-refractivity contribution >= 4 is 38.3 Å². The topological polar surface area (TPSA) is 52.6 Å². The summed E-state index contributed by atoms with van der Waals surface area (Å²) in [6, 6.07) is 9.55. The van der Waals surface area contributed by atoms with E-state index in [-0.39, 0.29) is 0 Å². The van der Waals surface area contributed by atoms with Crippen LogP contribution in [0.25, 0.3) is 10.2 Å². The highest BCUT2D eigenvalue weighted by atomic mass is 35.5. The fourth-order valence-corrected chi connectivity index (χ4v) is 3.63. The number of hydrogen-bond acceptors (Lipinski definition) is 6. The van der Waals surface area contributed by atoms with Crippen LogP contribution >= 0.6 is 22.9 Å². The van der Waals surface area contributed by atoms with E-state index in [9.17, 15) is 0 Å². The van der Waals surface area contributed by atoms with Crippen LogP contribution in [0.5, 0.6) is 17.2 Å². The summed E-state index contributed by atoms with van der Waals surface area (Å²) in [6.07, 6.45) is 0. The molecule has 1 N–H and O–H groups in total. The molecule has 0 saturated carbocycles. The first-order valence-corrected chi connectivity index (χ1v) is 8.44. The predicted molar refractivity (Wildman–Crippen MR) is 98.1 cm³/mol. The first-order valence-electron chi connectivity index (χ1n) is 7.24. The van der Waals surface area contributed by atoms with Gasteiger partial charge in [-0.2, -0.15) is 0 Å². The molecule has 0 saturated heterocycles. The van der Waals surface area contributed by atoms with Crippen LogP contribution in [0.3, 0.4) is 0 Å². The van der Waals surface area contributed by atoms with Gasteiger partial charge in [-0.25, -0.2) is 4.98 Å². The molecule has 126 valence electrons. The van der Waals surface area contributed by atoms with Crippen LogP contribution in [0.4, 0.5) is 5.13 Å². The van der Waals surface area contributed by atoms with E-state index < -0.39 is 0 Å². The maximum Gasteiger partial charge on any atom is 0.203 e. The van der Waals surface area contributed by atoms with E-state index in [4.69, 9.17) is 25.8 Å². The molecule has 5 nitrogen and oxygen atoms in total. The van der Waals surface area contributed by atoms with Crippen molar-refractivity contribution < 1.29 is 14.2 Å². The molecule has 0 radical (unpaired) electrons. The molecule has 0 fully saturated rings. The summed E-state index contributed by atoms with van der Waals surface area (Å²) >= 11 is 7.73. The minimum Gasteiger partial charge on any atom is -0.493 e. The second-order valence-electron chi connectivity index (χ2n) is 4.95. The Balaban J connectivity index is 1.86. The minimum atomic E-state index is 0.543. The number of methoxy groups -OCH3 is 3. The number of anilines is 1. The average molecular weight is 365 g/mol. The van der Waals surface area contributed by atoms with Crippen molar-refractivity contribution in [3.8, 4) is 17.2 Å². The number of fused-ring (bicyclic) bond motifs is 1. The van der Waals surface area contributed by atoms with E-state index in [1.807, 2.05) is 30.3 Å². The summed E-state index contributed by atoms with van der Waals surface area (Å²) in [5.74, 6) is 1.85. The van der Waals surface area contributed by atoms with Crippen LogP contribution in [0.15, 0.2) is 30.3 Å². The van der Waals surface area contributed by atoms with E-state index in [1.165, 1.54) is 0 Å². The van der Waals surface area contributed by atoms with Crippen molar-refractivity contribution in [2.45, 2.75) is 6.54 Å². The Bertz CT molecular complexity index is 866. The smallest absolute Gasteiger partial charge is 0.203 e. The average Bonchev–Trinajstić information content (AvgIpc) is 3.03. The Hall–Kier alpha value is -2.18. The van der Waals surface area contributed by atoms with Crippen LogP contribution < -0.4 is 19.5 Å². The second kappa shape index (κ2) is 7.15. The first-order chi connectivity index (χ1) is 11.7. The molecule has 0 bridgehead atoms. The van der Waals surface area contributed by atoms with Crippen LogP contribution in [-0.4, -0.2) is 26.3 Å². The van der Waals surface area contributed by atoms with Gasteiger partial charge in [0.05, 0.1) is 31.1 Å². The molecule has 0 spiro atoms. The van der Waals surface area contributed by atoms with E-state index in [2.05, 4.69) is 10.3 Å². The van der Waals surface area contributed by atoms with Crippen molar-refractivity contribution in [3.05, 3.63) is 40.9 Å². The summed E-state index contributed by atoms with van der Waals surface area (Å²) in [5.41, 5.74) is 1.76. The lowest BCUT2D eigenvalue weighted by atomic mass is 10.1. The quantitative estimate of drug-likeness (QED) is 0.693.